The van der Waals surface area contributed by atoms with Crippen molar-refractivity contribution >= 4 is 22.8 Å². The van der Waals surface area contributed by atoms with Gasteiger partial charge in [0, 0.05) is 58.0 Å². The van der Waals surface area contributed by atoms with Crippen LogP contribution in [0.5, 0.6) is 0 Å². The van der Waals surface area contributed by atoms with E-state index in [4.69, 9.17) is 5.11 Å². The molecule has 1 N–H and O–H groups in total. The Morgan fingerprint density at radius 2 is 1.91 bits per heavy atom. The lowest BCUT2D eigenvalue weighted by Crippen LogP contribution is -2.45. The number of unbranched alkanes of at least 4 members (excludes halogenated alkanes) is 2. The Balaban J connectivity index is 1.53. The number of aromatic nitrogens is 4. The van der Waals surface area contributed by atoms with Crippen molar-refractivity contribution in [2.75, 3.05) is 31.6 Å². The van der Waals surface area contributed by atoms with Gasteiger partial charge in [-0.2, -0.15) is 0 Å². The van der Waals surface area contributed by atoms with Crippen LogP contribution in [0.15, 0.2) is 36.5 Å². The molecule has 0 aliphatic carbocycles. The number of para-hydroxylation sites is 1. The van der Waals surface area contributed by atoms with Gasteiger partial charge in [-0.3, -0.25) is 9.36 Å². The van der Waals surface area contributed by atoms with Crippen molar-refractivity contribution < 1.29 is 9.90 Å². The van der Waals surface area contributed by atoms with Gasteiger partial charge in [-0.1, -0.05) is 18.2 Å². The Hall–Kier alpha value is -2.87. The van der Waals surface area contributed by atoms with E-state index >= 15 is 0 Å². The Bertz CT molecular complexity index is 1030. The first-order chi connectivity index (χ1) is 15.6. The highest BCUT2D eigenvalue weighted by Gasteiger charge is 2.27. The van der Waals surface area contributed by atoms with Crippen LogP contribution in [-0.2, 0) is 17.9 Å². The fraction of sp³-hybridized carbons (Fsp3) is 0.542. The van der Waals surface area contributed by atoms with Crippen molar-refractivity contribution in [1.82, 2.24) is 24.2 Å². The summed E-state index contributed by atoms with van der Waals surface area (Å²) < 4.78 is 4.47. The number of nitrogens with zero attached hydrogens (tertiary/aromatic N) is 6. The summed E-state index contributed by atoms with van der Waals surface area (Å²) in [6.07, 6.45) is 6.76. The molecule has 8 heteroatoms. The van der Waals surface area contributed by atoms with Crippen molar-refractivity contribution in [2.24, 2.45) is 0 Å². The van der Waals surface area contributed by atoms with E-state index in [9.17, 15) is 4.79 Å². The molecule has 1 amide bonds. The molecular formula is C24H34N6O2. The summed E-state index contributed by atoms with van der Waals surface area (Å²) in [4.78, 5) is 15.9. The van der Waals surface area contributed by atoms with Crippen LogP contribution in [0.2, 0.25) is 0 Å². The molecule has 32 heavy (non-hydrogen) atoms. The quantitative estimate of drug-likeness (QED) is 0.520. The topological polar surface area (TPSA) is 79.4 Å². The minimum Gasteiger partial charge on any atom is -0.396 e. The molecule has 0 unspecified atom stereocenters. The molecule has 2 aromatic heterocycles. The lowest BCUT2D eigenvalue weighted by molar-refractivity contribution is -0.129. The predicted octanol–water partition coefficient (Wildman–Crippen LogP) is 2.89. The fourth-order valence-electron chi connectivity index (χ4n) is 4.61. The van der Waals surface area contributed by atoms with Crippen molar-refractivity contribution in [3.63, 3.8) is 0 Å². The third-order valence-electron chi connectivity index (χ3n) is 6.63. The summed E-state index contributed by atoms with van der Waals surface area (Å²) in [5, 5.41) is 19.6. The van der Waals surface area contributed by atoms with Crippen LogP contribution in [0, 0.1) is 0 Å². The number of fused-ring (bicyclic) bond motifs is 1. The zero-order valence-corrected chi connectivity index (χ0v) is 19.2. The molecule has 0 saturated carbocycles. The molecular weight excluding hydrogens is 404 g/mol. The summed E-state index contributed by atoms with van der Waals surface area (Å²) in [6, 6.07) is 10.8. The molecule has 0 bridgehead atoms. The van der Waals surface area contributed by atoms with E-state index in [0.29, 0.717) is 6.54 Å². The third-order valence-corrected chi connectivity index (χ3v) is 6.63. The van der Waals surface area contributed by atoms with E-state index in [1.54, 1.807) is 6.92 Å². The molecule has 1 aliphatic heterocycles. The molecule has 1 aromatic carbocycles. The van der Waals surface area contributed by atoms with Crippen molar-refractivity contribution in [1.29, 1.82) is 0 Å². The van der Waals surface area contributed by atoms with E-state index in [2.05, 4.69) is 60.8 Å². The van der Waals surface area contributed by atoms with Crippen molar-refractivity contribution in [3.8, 4) is 0 Å². The number of rotatable bonds is 9. The highest BCUT2D eigenvalue weighted by molar-refractivity contribution is 5.80. The molecule has 1 fully saturated rings. The Labute approximate surface area is 189 Å². The Kier molecular flexibility index (Phi) is 7.09. The normalized spacial score (nSPS) is 14.9. The molecule has 172 valence electrons. The number of aliphatic hydroxyl groups excluding tert-OH is 1. The number of benzene rings is 1. The average Bonchev–Trinajstić information content (AvgIpc) is 3.41. The van der Waals surface area contributed by atoms with Crippen LogP contribution >= 0.6 is 0 Å². The Morgan fingerprint density at radius 3 is 2.66 bits per heavy atom. The average molecular weight is 439 g/mol. The van der Waals surface area contributed by atoms with Crippen molar-refractivity contribution in [2.45, 2.75) is 58.2 Å². The molecule has 0 radical (unpaired) electrons. The Morgan fingerprint density at radius 1 is 1.12 bits per heavy atom. The monoisotopic (exact) mass is 438 g/mol. The summed E-state index contributed by atoms with van der Waals surface area (Å²) in [7, 11) is 1.89. The number of carbonyl (C=O) groups excluding carboxylic acids is 1. The van der Waals surface area contributed by atoms with E-state index in [1.807, 2.05) is 11.9 Å². The first kappa shape index (κ1) is 22.3. The van der Waals surface area contributed by atoms with Gasteiger partial charge < -0.3 is 19.5 Å². The van der Waals surface area contributed by atoms with Crippen LogP contribution in [0.4, 0.5) is 5.95 Å². The summed E-state index contributed by atoms with van der Waals surface area (Å²) in [6.45, 7) is 5.10. The molecule has 1 aliphatic rings. The molecule has 4 rings (SSSR count). The lowest BCUT2D eigenvalue weighted by atomic mass is 10.0. The van der Waals surface area contributed by atoms with Gasteiger partial charge in [-0.15, -0.1) is 10.2 Å². The second-order valence-electron chi connectivity index (χ2n) is 8.70. The molecule has 3 aromatic rings. The van der Waals surface area contributed by atoms with Crippen LogP contribution in [0.25, 0.3) is 10.9 Å². The number of aliphatic hydroxyl groups is 1. The number of amides is 1. The van der Waals surface area contributed by atoms with E-state index in [-0.39, 0.29) is 18.6 Å². The minimum atomic E-state index is 0.122. The maximum Gasteiger partial charge on any atom is 0.227 e. The first-order valence-electron chi connectivity index (χ1n) is 11.6. The number of anilines is 1. The zero-order chi connectivity index (χ0) is 22.5. The molecule has 1 saturated heterocycles. The number of hydrogen-bond donors (Lipinski definition) is 1. The summed E-state index contributed by atoms with van der Waals surface area (Å²) in [5.41, 5.74) is 1.19. The predicted molar refractivity (Wildman–Crippen MR) is 126 cm³/mol. The first-order valence-corrected chi connectivity index (χ1v) is 11.6. The second-order valence-corrected chi connectivity index (χ2v) is 8.70. The van der Waals surface area contributed by atoms with Crippen LogP contribution in [0.1, 0.15) is 44.9 Å². The second kappa shape index (κ2) is 10.2. The lowest BCUT2D eigenvalue weighted by Gasteiger charge is -2.36. The van der Waals surface area contributed by atoms with Gasteiger partial charge in [0.2, 0.25) is 11.9 Å². The van der Waals surface area contributed by atoms with Crippen molar-refractivity contribution in [3.05, 3.63) is 42.4 Å². The van der Waals surface area contributed by atoms with Crippen LogP contribution < -0.4 is 4.90 Å². The van der Waals surface area contributed by atoms with Crippen LogP contribution in [0.3, 0.4) is 0 Å². The standard InChI is InChI=1S/C24H34N6O2/c1-19(32)27(2)21-11-15-28(16-12-21)24-26-25-23(30(24)13-6-3-7-17-31)18-29-14-10-20-8-4-5-9-22(20)29/h4-5,8-10,14,21,31H,3,6-7,11-13,15-18H2,1-2H3. The highest BCUT2D eigenvalue weighted by atomic mass is 16.2. The van der Waals surface area contributed by atoms with E-state index < -0.39 is 0 Å². The van der Waals surface area contributed by atoms with Gasteiger partial charge in [-0.05, 0) is 49.6 Å². The highest BCUT2D eigenvalue weighted by Crippen LogP contribution is 2.24. The SMILES string of the molecule is CC(=O)N(C)C1CCN(c2nnc(Cn3ccc4ccccc43)n2CCCCCO)CC1. The third kappa shape index (κ3) is 4.80. The van der Waals surface area contributed by atoms with Gasteiger partial charge in [0.25, 0.3) is 0 Å². The molecule has 3 heterocycles. The minimum absolute atomic E-state index is 0.122. The smallest absolute Gasteiger partial charge is 0.227 e. The van der Waals surface area contributed by atoms with Crippen LogP contribution in [-0.4, -0.2) is 68.0 Å². The summed E-state index contributed by atoms with van der Waals surface area (Å²) >= 11 is 0. The molecule has 0 spiro atoms. The van der Waals surface area contributed by atoms with Gasteiger partial charge in [-0.25, -0.2) is 0 Å². The van der Waals surface area contributed by atoms with E-state index in [1.165, 1.54) is 10.9 Å². The van der Waals surface area contributed by atoms with Gasteiger partial charge in [0.15, 0.2) is 5.82 Å². The number of carbonyl (C=O) groups is 1. The fourth-order valence-corrected chi connectivity index (χ4v) is 4.61. The maximum atomic E-state index is 11.7. The van der Waals surface area contributed by atoms with E-state index in [0.717, 1.165) is 63.5 Å². The van der Waals surface area contributed by atoms with Gasteiger partial charge in [0.1, 0.15) is 0 Å². The largest absolute Gasteiger partial charge is 0.396 e. The van der Waals surface area contributed by atoms with Gasteiger partial charge >= 0.3 is 0 Å². The number of hydrogen-bond acceptors (Lipinski definition) is 5. The maximum absolute atomic E-state index is 11.7. The summed E-state index contributed by atoms with van der Waals surface area (Å²) in [5.74, 6) is 1.99. The molecule has 8 nitrogen and oxygen atoms in total. The zero-order valence-electron chi connectivity index (χ0n) is 19.2. The van der Waals surface area contributed by atoms with Gasteiger partial charge in [0.05, 0.1) is 6.54 Å². The molecule has 0 atom stereocenters. The number of piperidine rings is 1.